The first-order valence-electron chi connectivity index (χ1n) is 5.95. The number of carbonyl (C=O) groups excluding carboxylic acids is 1. The molecule has 1 aromatic rings. The van der Waals surface area contributed by atoms with E-state index in [1.54, 1.807) is 12.3 Å². The zero-order chi connectivity index (χ0) is 13.0. The summed E-state index contributed by atoms with van der Waals surface area (Å²) in [6, 6.07) is 3.57. The lowest BCUT2D eigenvalue weighted by atomic mass is 10.1. The fourth-order valence-electron chi connectivity index (χ4n) is 2.01. The quantitative estimate of drug-likeness (QED) is 0.881. The molecule has 0 aromatic carbocycles. The number of nitrogens with zero attached hydrogens (tertiary/aromatic N) is 2. The van der Waals surface area contributed by atoms with Gasteiger partial charge >= 0.3 is 0 Å². The number of carbonyl (C=O) groups is 1. The van der Waals surface area contributed by atoms with Crippen molar-refractivity contribution in [2.45, 2.75) is 18.9 Å². The molecule has 0 spiro atoms. The van der Waals surface area contributed by atoms with Crippen molar-refractivity contribution in [3.05, 3.63) is 22.8 Å². The predicted molar refractivity (Wildman–Crippen MR) is 72.2 cm³/mol. The summed E-state index contributed by atoms with van der Waals surface area (Å²) < 4.78 is 0.875. The fourth-order valence-corrected chi connectivity index (χ4v) is 2.24. The Kier molecular flexibility index (Phi) is 4.68. The van der Waals surface area contributed by atoms with Gasteiger partial charge in [-0.2, -0.15) is 0 Å². The zero-order valence-corrected chi connectivity index (χ0v) is 11.6. The van der Waals surface area contributed by atoms with Crippen LogP contribution < -0.4 is 5.32 Å². The number of amides is 1. The second-order valence-electron chi connectivity index (χ2n) is 4.44. The molecule has 0 saturated carbocycles. The third-order valence-electron chi connectivity index (χ3n) is 2.84. The molecule has 0 radical (unpaired) electrons. The number of likely N-dealkylation sites (tertiary alicyclic amines) is 1. The van der Waals surface area contributed by atoms with Crippen molar-refractivity contribution in [3.63, 3.8) is 0 Å². The van der Waals surface area contributed by atoms with E-state index >= 15 is 0 Å². The molecular weight excluding hydrogens is 298 g/mol. The molecule has 18 heavy (non-hydrogen) atoms. The van der Waals surface area contributed by atoms with E-state index in [1.807, 2.05) is 11.0 Å². The molecule has 1 amide bonds. The minimum atomic E-state index is -0.308. The summed E-state index contributed by atoms with van der Waals surface area (Å²) in [6.07, 6.45) is 3.09. The molecule has 1 atom stereocenters. The average molecular weight is 314 g/mol. The second-order valence-corrected chi connectivity index (χ2v) is 5.36. The van der Waals surface area contributed by atoms with Crippen LogP contribution in [0.4, 0.5) is 5.82 Å². The summed E-state index contributed by atoms with van der Waals surface area (Å²) in [7, 11) is 0. The minimum Gasteiger partial charge on any atom is -0.392 e. The Morgan fingerprint density at radius 1 is 1.61 bits per heavy atom. The Bertz CT molecular complexity index is 410. The van der Waals surface area contributed by atoms with E-state index in [0.717, 1.165) is 23.9 Å². The highest BCUT2D eigenvalue weighted by molar-refractivity contribution is 9.10. The Morgan fingerprint density at radius 2 is 2.44 bits per heavy atom. The first-order valence-corrected chi connectivity index (χ1v) is 6.74. The molecule has 1 saturated heterocycles. The van der Waals surface area contributed by atoms with E-state index in [2.05, 4.69) is 26.2 Å². The SMILES string of the molecule is O=C(CN1CCC[C@H](O)C1)Nc1ccc(Br)cn1. The first kappa shape index (κ1) is 13.5. The molecule has 0 bridgehead atoms. The van der Waals surface area contributed by atoms with Crippen molar-refractivity contribution in [2.75, 3.05) is 25.0 Å². The lowest BCUT2D eigenvalue weighted by Crippen LogP contribution is -2.42. The number of hydrogen-bond acceptors (Lipinski definition) is 4. The molecule has 1 aliphatic heterocycles. The number of nitrogens with one attached hydrogen (secondary N) is 1. The van der Waals surface area contributed by atoms with E-state index in [4.69, 9.17) is 0 Å². The number of anilines is 1. The molecule has 1 fully saturated rings. The van der Waals surface area contributed by atoms with E-state index in [9.17, 15) is 9.90 Å². The van der Waals surface area contributed by atoms with E-state index in [0.29, 0.717) is 18.9 Å². The third-order valence-corrected chi connectivity index (χ3v) is 3.31. The van der Waals surface area contributed by atoms with Gasteiger partial charge in [-0.3, -0.25) is 9.69 Å². The molecule has 2 heterocycles. The van der Waals surface area contributed by atoms with E-state index in [-0.39, 0.29) is 12.0 Å². The summed E-state index contributed by atoms with van der Waals surface area (Å²) in [5.41, 5.74) is 0. The highest BCUT2D eigenvalue weighted by Crippen LogP contribution is 2.12. The van der Waals surface area contributed by atoms with Crippen LogP contribution >= 0.6 is 15.9 Å². The standard InChI is InChI=1S/C12H16BrN3O2/c13-9-3-4-11(14-6-9)15-12(18)8-16-5-1-2-10(17)7-16/h3-4,6,10,17H,1-2,5,7-8H2,(H,14,15,18)/t10-/m0/s1. The molecule has 1 aromatic heterocycles. The summed E-state index contributed by atoms with van der Waals surface area (Å²) in [5, 5.41) is 12.3. The molecule has 2 N–H and O–H groups in total. The van der Waals surface area contributed by atoms with Crippen LogP contribution in [0.3, 0.4) is 0 Å². The largest absolute Gasteiger partial charge is 0.392 e. The number of aromatic nitrogens is 1. The van der Waals surface area contributed by atoms with Gasteiger partial charge in [0.2, 0.25) is 5.91 Å². The monoisotopic (exact) mass is 313 g/mol. The van der Waals surface area contributed by atoms with Crippen molar-refractivity contribution in [2.24, 2.45) is 0 Å². The molecule has 98 valence electrons. The second kappa shape index (κ2) is 6.26. The van der Waals surface area contributed by atoms with Crippen molar-refractivity contribution >= 4 is 27.7 Å². The minimum absolute atomic E-state index is 0.0982. The number of rotatable bonds is 3. The van der Waals surface area contributed by atoms with Gasteiger partial charge in [-0.25, -0.2) is 4.98 Å². The van der Waals surface area contributed by atoms with Crippen LogP contribution in [0.1, 0.15) is 12.8 Å². The van der Waals surface area contributed by atoms with Crippen molar-refractivity contribution in [3.8, 4) is 0 Å². The molecule has 2 rings (SSSR count). The maximum Gasteiger partial charge on any atom is 0.239 e. The van der Waals surface area contributed by atoms with Crippen LogP contribution in [0.25, 0.3) is 0 Å². The first-order chi connectivity index (χ1) is 8.63. The zero-order valence-electron chi connectivity index (χ0n) is 9.97. The van der Waals surface area contributed by atoms with Crippen LogP contribution in [0.2, 0.25) is 0 Å². The van der Waals surface area contributed by atoms with Gasteiger partial charge in [-0.05, 0) is 47.4 Å². The smallest absolute Gasteiger partial charge is 0.239 e. The van der Waals surface area contributed by atoms with Crippen LogP contribution in [0, 0.1) is 0 Å². The Hall–Kier alpha value is -0.980. The summed E-state index contributed by atoms with van der Waals surface area (Å²) in [6.45, 7) is 1.73. The highest BCUT2D eigenvalue weighted by atomic mass is 79.9. The maximum atomic E-state index is 11.8. The van der Waals surface area contributed by atoms with Crippen LogP contribution in [-0.4, -0.2) is 46.6 Å². The Labute approximate surface area is 114 Å². The molecule has 0 aliphatic carbocycles. The molecule has 0 unspecified atom stereocenters. The van der Waals surface area contributed by atoms with Crippen LogP contribution in [0.15, 0.2) is 22.8 Å². The summed E-state index contributed by atoms with van der Waals surface area (Å²) in [5.74, 6) is 0.444. The highest BCUT2D eigenvalue weighted by Gasteiger charge is 2.19. The fraction of sp³-hybridized carbons (Fsp3) is 0.500. The summed E-state index contributed by atoms with van der Waals surface area (Å²) in [4.78, 5) is 17.8. The van der Waals surface area contributed by atoms with E-state index < -0.39 is 0 Å². The molecule has 6 heteroatoms. The summed E-state index contributed by atoms with van der Waals surface area (Å²) >= 11 is 3.29. The van der Waals surface area contributed by atoms with Gasteiger partial charge < -0.3 is 10.4 Å². The molecule has 1 aliphatic rings. The number of pyridine rings is 1. The van der Waals surface area contributed by atoms with Crippen molar-refractivity contribution in [1.82, 2.24) is 9.88 Å². The van der Waals surface area contributed by atoms with E-state index in [1.165, 1.54) is 0 Å². The van der Waals surface area contributed by atoms with Gasteiger partial charge in [0.15, 0.2) is 0 Å². The topological polar surface area (TPSA) is 65.5 Å². The normalized spacial score (nSPS) is 20.7. The lowest BCUT2D eigenvalue weighted by Gasteiger charge is -2.29. The Balaban J connectivity index is 1.83. The maximum absolute atomic E-state index is 11.8. The number of halogens is 1. The third kappa shape index (κ3) is 4.04. The number of aliphatic hydroxyl groups is 1. The van der Waals surface area contributed by atoms with Gasteiger partial charge in [0.05, 0.1) is 12.6 Å². The average Bonchev–Trinajstić information content (AvgIpc) is 2.32. The van der Waals surface area contributed by atoms with Gasteiger partial charge in [-0.15, -0.1) is 0 Å². The predicted octanol–water partition coefficient (Wildman–Crippen LogP) is 1.24. The van der Waals surface area contributed by atoms with Crippen molar-refractivity contribution < 1.29 is 9.90 Å². The van der Waals surface area contributed by atoms with Gasteiger partial charge in [0.25, 0.3) is 0 Å². The Morgan fingerprint density at radius 3 is 3.11 bits per heavy atom. The van der Waals surface area contributed by atoms with Gasteiger partial charge in [0.1, 0.15) is 5.82 Å². The molecular formula is C12H16BrN3O2. The van der Waals surface area contributed by atoms with Crippen molar-refractivity contribution in [1.29, 1.82) is 0 Å². The van der Waals surface area contributed by atoms with Gasteiger partial charge in [-0.1, -0.05) is 0 Å². The lowest BCUT2D eigenvalue weighted by molar-refractivity contribution is -0.118. The number of aliphatic hydroxyl groups excluding tert-OH is 1. The van der Waals surface area contributed by atoms with Gasteiger partial charge in [0, 0.05) is 17.2 Å². The number of hydrogen-bond donors (Lipinski definition) is 2. The van der Waals surface area contributed by atoms with Crippen LogP contribution in [-0.2, 0) is 4.79 Å². The number of piperidine rings is 1. The van der Waals surface area contributed by atoms with Crippen LogP contribution in [0.5, 0.6) is 0 Å². The molecule has 5 nitrogen and oxygen atoms in total. The number of β-amino-alcohol motifs (C(OH)–C–C–N with tert-alkyl or cyclic N) is 1.